The molecule has 0 aliphatic carbocycles. The SMILES string of the molecule is CC(C)=CCC/C(C)=C/COc1cccc2oc3ccccc3c(=O)c12. The van der Waals surface area contributed by atoms with Gasteiger partial charge in [0.05, 0.1) is 5.39 Å². The van der Waals surface area contributed by atoms with Crippen molar-refractivity contribution in [1.29, 1.82) is 0 Å². The van der Waals surface area contributed by atoms with Crippen LogP contribution in [-0.4, -0.2) is 6.61 Å². The van der Waals surface area contributed by atoms with E-state index in [2.05, 4.69) is 32.9 Å². The molecule has 0 unspecified atom stereocenters. The highest BCUT2D eigenvalue weighted by Gasteiger charge is 2.11. The monoisotopic (exact) mass is 348 g/mol. The number of hydrogen-bond acceptors (Lipinski definition) is 3. The highest BCUT2D eigenvalue weighted by Crippen LogP contribution is 2.26. The van der Waals surface area contributed by atoms with E-state index in [0.717, 1.165) is 12.8 Å². The number of rotatable bonds is 6. The fourth-order valence-electron chi connectivity index (χ4n) is 2.90. The number of fused-ring (bicyclic) bond motifs is 2. The number of para-hydroxylation sites is 1. The summed E-state index contributed by atoms with van der Waals surface area (Å²) in [7, 11) is 0. The van der Waals surface area contributed by atoms with Gasteiger partial charge in [-0.3, -0.25) is 4.79 Å². The Balaban J connectivity index is 1.83. The first-order valence-electron chi connectivity index (χ1n) is 8.92. The lowest BCUT2D eigenvalue weighted by atomic mass is 10.1. The van der Waals surface area contributed by atoms with Crippen LogP contribution >= 0.6 is 0 Å². The molecule has 0 spiro atoms. The van der Waals surface area contributed by atoms with Crippen molar-refractivity contribution in [2.24, 2.45) is 0 Å². The summed E-state index contributed by atoms with van der Waals surface area (Å²) in [4.78, 5) is 12.8. The van der Waals surface area contributed by atoms with Crippen molar-refractivity contribution in [3.8, 4) is 5.75 Å². The van der Waals surface area contributed by atoms with Gasteiger partial charge < -0.3 is 9.15 Å². The zero-order valence-electron chi connectivity index (χ0n) is 15.5. The van der Waals surface area contributed by atoms with Crippen molar-refractivity contribution in [3.05, 3.63) is 76.0 Å². The summed E-state index contributed by atoms with van der Waals surface area (Å²) < 4.78 is 11.8. The van der Waals surface area contributed by atoms with E-state index in [0.29, 0.717) is 34.3 Å². The summed E-state index contributed by atoms with van der Waals surface area (Å²) in [6.07, 6.45) is 6.35. The van der Waals surface area contributed by atoms with Crippen LogP contribution in [0, 0.1) is 0 Å². The Labute approximate surface area is 153 Å². The quantitative estimate of drug-likeness (QED) is 0.404. The molecular formula is C23H24O3. The number of allylic oxidation sites excluding steroid dienone is 3. The minimum Gasteiger partial charge on any atom is -0.489 e. The molecule has 0 aliphatic rings. The van der Waals surface area contributed by atoms with Crippen LogP contribution in [0.4, 0.5) is 0 Å². The zero-order chi connectivity index (χ0) is 18.5. The highest BCUT2D eigenvalue weighted by atomic mass is 16.5. The van der Waals surface area contributed by atoms with Crippen molar-refractivity contribution in [3.63, 3.8) is 0 Å². The predicted octanol–water partition coefficient (Wildman–Crippen LogP) is 6.02. The average molecular weight is 348 g/mol. The average Bonchev–Trinajstić information content (AvgIpc) is 2.61. The first-order chi connectivity index (χ1) is 12.6. The maximum atomic E-state index is 12.8. The predicted molar refractivity (Wildman–Crippen MR) is 108 cm³/mol. The molecule has 26 heavy (non-hydrogen) atoms. The second-order valence-corrected chi connectivity index (χ2v) is 6.74. The molecule has 1 aromatic heterocycles. The molecule has 0 N–H and O–H groups in total. The van der Waals surface area contributed by atoms with Gasteiger partial charge in [-0.15, -0.1) is 0 Å². The van der Waals surface area contributed by atoms with E-state index >= 15 is 0 Å². The molecule has 0 fully saturated rings. The number of benzene rings is 2. The minimum atomic E-state index is -0.0540. The van der Waals surface area contributed by atoms with Crippen LogP contribution < -0.4 is 10.2 Å². The molecule has 0 amide bonds. The van der Waals surface area contributed by atoms with Crippen LogP contribution in [0.1, 0.15) is 33.6 Å². The molecule has 3 aromatic rings. The van der Waals surface area contributed by atoms with Gasteiger partial charge in [-0.1, -0.05) is 35.4 Å². The van der Waals surface area contributed by atoms with E-state index in [1.165, 1.54) is 11.1 Å². The molecule has 0 aliphatic heterocycles. The fraction of sp³-hybridized carbons (Fsp3) is 0.261. The fourth-order valence-corrected chi connectivity index (χ4v) is 2.90. The Morgan fingerprint density at radius 3 is 2.58 bits per heavy atom. The van der Waals surface area contributed by atoms with Gasteiger partial charge in [0.25, 0.3) is 0 Å². The lowest BCUT2D eigenvalue weighted by Gasteiger charge is -2.08. The first kappa shape index (κ1) is 18.0. The minimum absolute atomic E-state index is 0.0540. The zero-order valence-corrected chi connectivity index (χ0v) is 15.5. The highest BCUT2D eigenvalue weighted by molar-refractivity contribution is 5.93. The van der Waals surface area contributed by atoms with Crippen LogP contribution in [0.25, 0.3) is 21.9 Å². The van der Waals surface area contributed by atoms with Gasteiger partial charge in [-0.25, -0.2) is 0 Å². The standard InChI is InChI=1S/C23H24O3/c1-16(2)8-6-9-17(3)14-15-25-20-12-7-13-21-22(20)23(24)18-10-4-5-11-19(18)26-21/h4-5,7-8,10-14H,6,9,15H2,1-3H3/b17-14+. The molecule has 134 valence electrons. The molecule has 2 aromatic carbocycles. The van der Waals surface area contributed by atoms with Gasteiger partial charge in [0, 0.05) is 0 Å². The largest absolute Gasteiger partial charge is 0.489 e. The van der Waals surface area contributed by atoms with Gasteiger partial charge in [-0.2, -0.15) is 0 Å². The molecule has 0 saturated carbocycles. The van der Waals surface area contributed by atoms with Crippen molar-refractivity contribution >= 4 is 21.9 Å². The van der Waals surface area contributed by atoms with E-state index < -0.39 is 0 Å². The van der Waals surface area contributed by atoms with E-state index in [-0.39, 0.29) is 5.43 Å². The molecule has 3 heteroatoms. The van der Waals surface area contributed by atoms with Crippen LogP contribution in [0.15, 0.2) is 75.0 Å². The van der Waals surface area contributed by atoms with Crippen molar-refractivity contribution < 1.29 is 9.15 Å². The smallest absolute Gasteiger partial charge is 0.204 e. The summed E-state index contributed by atoms with van der Waals surface area (Å²) in [5, 5.41) is 1.08. The van der Waals surface area contributed by atoms with Gasteiger partial charge in [0.2, 0.25) is 5.43 Å². The summed E-state index contributed by atoms with van der Waals surface area (Å²) in [5.41, 5.74) is 3.71. The van der Waals surface area contributed by atoms with Crippen LogP contribution in [0.2, 0.25) is 0 Å². The van der Waals surface area contributed by atoms with Crippen molar-refractivity contribution in [2.75, 3.05) is 6.61 Å². The van der Waals surface area contributed by atoms with Gasteiger partial charge >= 0.3 is 0 Å². The van der Waals surface area contributed by atoms with E-state index in [1.807, 2.05) is 30.3 Å². The summed E-state index contributed by atoms with van der Waals surface area (Å²) >= 11 is 0. The number of ether oxygens (including phenoxy) is 1. The van der Waals surface area contributed by atoms with E-state index in [4.69, 9.17) is 9.15 Å². The molecule has 3 nitrogen and oxygen atoms in total. The maximum Gasteiger partial charge on any atom is 0.204 e. The van der Waals surface area contributed by atoms with Gasteiger partial charge in [0.15, 0.2) is 0 Å². The Morgan fingerprint density at radius 1 is 1.00 bits per heavy atom. The Hall–Kier alpha value is -2.81. The second kappa shape index (κ2) is 8.05. The topological polar surface area (TPSA) is 39.4 Å². The third kappa shape index (κ3) is 4.05. The van der Waals surface area contributed by atoms with Crippen LogP contribution in [-0.2, 0) is 0 Å². The molecule has 0 bridgehead atoms. The van der Waals surface area contributed by atoms with E-state index in [9.17, 15) is 4.79 Å². The maximum absolute atomic E-state index is 12.8. The molecule has 3 rings (SSSR count). The van der Waals surface area contributed by atoms with Crippen molar-refractivity contribution in [1.82, 2.24) is 0 Å². The summed E-state index contributed by atoms with van der Waals surface area (Å²) in [6, 6.07) is 12.8. The molecule has 0 atom stereocenters. The number of hydrogen-bond donors (Lipinski definition) is 0. The Morgan fingerprint density at radius 2 is 1.77 bits per heavy atom. The summed E-state index contributed by atoms with van der Waals surface area (Å²) in [5.74, 6) is 0.565. The van der Waals surface area contributed by atoms with Crippen LogP contribution in [0.5, 0.6) is 5.75 Å². The Bertz CT molecular complexity index is 1030. The van der Waals surface area contributed by atoms with Gasteiger partial charge in [0.1, 0.15) is 28.9 Å². The Kier molecular flexibility index (Phi) is 5.57. The van der Waals surface area contributed by atoms with Gasteiger partial charge in [-0.05, 0) is 64.0 Å². The summed E-state index contributed by atoms with van der Waals surface area (Å²) in [6.45, 7) is 6.76. The third-order valence-corrected chi connectivity index (χ3v) is 4.33. The first-order valence-corrected chi connectivity index (χ1v) is 8.92. The lowest BCUT2D eigenvalue weighted by molar-refractivity contribution is 0.365. The van der Waals surface area contributed by atoms with Crippen LogP contribution in [0.3, 0.4) is 0 Å². The second-order valence-electron chi connectivity index (χ2n) is 6.74. The molecule has 1 heterocycles. The molecular weight excluding hydrogens is 324 g/mol. The van der Waals surface area contributed by atoms with Crippen molar-refractivity contribution in [2.45, 2.75) is 33.6 Å². The lowest BCUT2D eigenvalue weighted by Crippen LogP contribution is -2.05. The van der Waals surface area contributed by atoms with E-state index in [1.54, 1.807) is 12.1 Å². The third-order valence-electron chi connectivity index (χ3n) is 4.33. The normalized spacial score (nSPS) is 11.7. The molecule has 0 radical (unpaired) electrons. The molecule has 0 saturated heterocycles.